The number of hydrogen-bond donors (Lipinski definition) is 3. The molecule has 1 heterocycles. The van der Waals surface area contributed by atoms with Crippen molar-refractivity contribution in [2.24, 2.45) is 5.73 Å². The molecule has 0 saturated heterocycles. The third-order valence-corrected chi connectivity index (χ3v) is 4.90. The van der Waals surface area contributed by atoms with Crippen LogP contribution in [0.2, 0.25) is 0 Å². The van der Waals surface area contributed by atoms with Gasteiger partial charge in [0.1, 0.15) is 5.82 Å². The number of amides is 3. The number of rotatable bonds is 5. The minimum Gasteiger partial charge on any atom is -0.369 e. The Labute approximate surface area is 181 Å². The Morgan fingerprint density at radius 3 is 2.70 bits per heavy atom. The normalized spacial score (nSPS) is 16.1. The zero-order valence-corrected chi connectivity index (χ0v) is 18.0. The summed E-state index contributed by atoms with van der Waals surface area (Å²) in [5.74, 6) is 0.123. The molecule has 0 aliphatic heterocycles. The summed E-state index contributed by atoms with van der Waals surface area (Å²) >= 11 is 5.93. The number of nitrogens with two attached hydrogens (primary N) is 1. The Balaban J connectivity index is 1.86. The highest BCUT2D eigenvalue weighted by Gasteiger charge is 2.22. The summed E-state index contributed by atoms with van der Waals surface area (Å²) in [5.41, 5.74) is 7.44. The first kappa shape index (κ1) is 21.6. The highest BCUT2D eigenvalue weighted by Crippen LogP contribution is 2.27. The molecule has 0 radical (unpaired) electrons. The summed E-state index contributed by atoms with van der Waals surface area (Å²) in [4.78, 5) is 23.9. The first-order valence-electron chi connectivity index (χ1n) is 9.71. The van der Waals surface area contributed by atoms with Crippen LogP contribution in [0.15, 0.2) is 53.6 Å². The van der Waals surface area contributed by atoms with Crippen molar-refractivity contribution in [3.63, 3.8) is 0 Å². The molecule has 1 atom stereocenters. The van der Waals surface area contributed by atoms with E-state index in [0.717, 1.165) is 16.9 Å². The molecular weight excluding hydrogens is 402 g/mol. The molecule has 3 amide bonds. The van der Waals surface area contributed by atoms with Gasteiger partial charge in [-0.2, -0.15) is 5.10 Å². The number of primary amides is 1. The molecule has 2 aromatic rings. The molecule has 1 aromatic carbocycles. The van der Waals surface area contributed by atoms with Crippen LogP contribution >= 0.6 is 11.6 Å². The highest BCUT2D eigenvalue weighted by molar-refractivity contribution is 6.31. The zero-order valence-electron chi connectivity index (χ0n) is 17.3. The second kappa shape index (κ2) is 8.75. The fourth-order valence-corrected chi connectivity index (χ4v) is 3.22. The summed E-state index contributed by atoms with van der Waals surface area (Å²) < 4.78 is 1.66. The van der Waals surface area contributed by atoms with Crippen LogP contribution in [0.5, 0.6) is 0 Å². The van der Waals surface area contributed by atoms with Gasteiger partial charge in [0.15, 0.2) is 0 Å². The SMILES string of the molecule is CC(C)(C)c1cc(NC(=O)NC2C=CC(Cl)=CC2)n(-c2cccc(CC(N)=O)c2)n1. The highest BCUT2D eigenvalue weighted by atomic mass is 35.5. The van der Waals surface area contributed by atoms with Gasteiger partial charge >= 0.3 is 6.03 Å². The molecular formula is C22H26ClN5O2. The Morgan fingerprint density at radius 1 is 1.30 bits per heavy atom. The molecule has 158 valence electrons. The van der Waals surface area contributed by atoms with Crippen LogP contribution in [0.25, 0.3) is 5.69 Å². The fourth-order valence-electron chi connectivity index (χ4n) is 3.05. The van der Waals surface area contributed by atoms with Crippen LogP contribution in [0.3, 0.4) is 0 Å². The monoisotopic (exact) mass is 427 g/mol. The van der Waals surface area contributed by atoms with E-state index in [2.05, 4.69) is 31.4 Å². The van der Waals surface area contributed by atoms with E-state index in [1.807, 2.05) is 42.5 Å². The number of aromatic nitrogens is 2. The van der Waals surface area contributed by atoms with Crippen molar-refractivity contribution in [2.45, 2.75) is 45.1 Å². The predicted molar refractivity (Wildman–Crippen MR) is 119 cm³/mol. The van der Waals surface area contributed by atoms with Crippen LogP contribution < -0.4 is 16.4 Å². The lowest BCUT2D eigenvalue weighted by Gasteiger charge is -2.17. The Kier molecular flexibility index (Phi) is 6.31. The lowest BCUT2D eigenvalue weighted by Crippen LogP contribution is -2.37. The number of nitrogens with zero attached hydrogens (tertiary/aromatic N) is 2. The van der Waals surface area contributed by atoms with Crippen molar-refractivity contribution >= 4 is 29.4 Å². The van der Waals surface area contributed by atoms with Crippen molar-refractivity contribution in [2.75, 3.05) is 5.32 Å². The number of carbonyl (C=O) groups excluding carboxylic acids is 2. The molecule has 8 heteroatoms. The number of urea groups is 1. The molecule has 1 aliphatic carbocycles. The molecule has 1 aromatic heterocycles. The van der Waals surface area contributed by atoms with E-state index in [-0.39, 0.29) is 23.9 Å². The standard InChI is InChI=1S/C22H26ClN5O2/c1-22(2,3)18-13-20(26-21(30)25-16-9-7-15(23)8-10-16)28(27-18)17-6-4-5-14(11-17)12-19(24)29/h4-9,11,13,16H,10,12H2,1-3H3,(H2,24,29)(H2,25,26,30). The molecule has 0 fully saturated rings. The van der Waals surface area contributed by atoms with Crippen LogP contribution in [-0.2, 0) is 16.6 Å². The van der Waals surface area contributed by atoms with Crippen molar-refractivity contribution in [1.82, 2.24) is 15.1 Å². The number of nitrogens with one attached hydrogen (secondary N) is 2. The van der Waals surface area contributed by atoms with E-state index in [1.54, 1.807) is 10.8 Å². The fraction of sp³-hybridized carbons (Fsp3) is 0.318. The van der Waals surface area contributed by atoms with Gasteiger partial charge in [-0.1, -0.05) is 56.7 Å². The van der Waals surface area contributed by atoms with Crippen molar-refractivity contribution in [1.29, 1.82) is 0 Å². The lowest BCUT2D eigenvalue weighted by atomic mass is 9.92. The number of anilines is 1. The quantitative estimate of drug-likeness (QED) is 0.676. The molecule has 1 aliphatic rings. The molecule has 3 rings (SSSR count). The first-order valence-corrected chi connectivity index (χ1v) is 10.1. The molecule has 1 unspecified atom stereocenters. The van der Waals surface area contributed by atoms with Crippen LogP contribution in [0, 0.1) is 0 Å². The average molecular weight is 428 g/mol. The first-order chi connectivity index (χ1) is 14.1. The topological polar surface area (TPSA) is 102 Å². The van der Waals surface area contributed by atoms with E-state index in [0.29, 0.717) is 17.3 Å². The molecule has 4 N–H and O–H groups in total. The molecule has 7 nitrogen and oxygen atoms in total. The zero-order chi connectivity index (χ0) is 21.9. The number of carbonyl (C=O) groups is 2. The number of benzene rings is 1. The average Bonchev–Trinajstić information content (AvgIpc) is 3.07. The predicted octanol–water partition coefficient (Wildman–Crippen LogP) is 3.77. The summed E-state index contributed by atoms with van der Waals surface area (Å²) in [7, 11) is 0. The Morgan fingerprint density at radius 2 is 2.07 bits per heavy atom. The molecule has 0 saturated carbocycles. The van der Waals surface area contributed by atoms with Gasteiger partial charge in [0, 0.05) is 16.5 Å². The van der Waals surface area contributed by atoms with Gasteiger partial charge in [0.2, 0.25) is 5.91 Å². The van der Waals surface area contributed by atoms with Crippen molar-refractivity contribution < 1.29 is 9.59 Å². The summed E-state index contributed by atoms with van der Waals surface area (Å²) in [6, 6.07) is 8.74. The summed E-state index contributed by atoms with van der Waals surface area (Å²) in [6.07, 6.45) is 6.24. The number of halogens is 1. The molecule has 0 spiro atoms. The second-order valence-corrected chi connectivity index (χ2v) is 8.71. The van der Waals surface area contributed by atoms with Gasteiger partial charge in [0.25, 0.3) is 0 Å². The summed E-state index contributed by atoms with van der Waals surface area (Å²) in [5, 5.41) is 11.2. The maximum atomic E-state index is 12.6. The van der Waals surface area contributed by atoms with Crippen LogP contribution in [0.1, 0.15) is 38.4 Å². The van der Waals surface area contributed by atoms with Gasteiger partial charge in [-0.15, -0.1) is 0 Å². The van der Waals surface area contributed by atoms with Gasteiger partial charge in [-0.25, -0.2) is 9.48 Å². The van der Waals surface area contributed by atoms with E-state index in [4.69, 9.17) is 22.4 Å². The molecule has 30 heavy (non-hydrogen) atoms. The molecule has 0 bridgehead atoms. The van der Waals surface area contributed by atoms with Crippen LogP contribution in [-0.4, -0.2) is 27.8 Å². The minimum atomic E-state index is -0.407. The summed E-state index contributed by atoms with van der Waals surface area (Å²) in [6.45, 7) is 6.15. The number of allylic oxidation sites excluding steroid dienone is 2. The van der Waals surface area contributed by atoms with E-state index in [1.165, 1.54) is 0 Å². The van der Waals surface area contributed by atoms with Crippen molar-refractivity contribution in [3.05, 3.63) is 64.8 Å². The van der Waals surface area contributed by atoms with E-state index in [9.17, 15) is 9.59 Å². The van der Waals surface area contributed by atoms with E-state index >= 15 is 0 Å². The van der Waals surface area contributed by atoms with Crippen molar-refractivity contribution in [3.8, 4) is 5.69 Å². The van der Waals surface area contributed by atoms with Gasteiger partial charge in [-0.3, -0.25) is 10.1 Å². The van der Waals surface area contributed by atoms with Gasteiger partial charge < -0.3 is 11.1 Å². The lowest BCUT2D eigenvalue weighted by molar-refractivity contribution is -0.117. The Bertz CT molecular complexity index is 1020. The third-order valence-electron chi connectivity index (χ3n) is 4.62. The Hall–Kier alpha value is -3.06. The van der Waals surface area contributed by atoms with Gasteiger partial charge in [-0.05, 0) is 30.2 Å². The second-order valence-electron chi connectivity index (χ2n) is 8.28. The number of hydrogen-bond acceptors (Lipinski definition) is 3. The minimum absolute atomic E-state index is 0.134. The maximum Gasteiger partial charge on any atom is 0.320 e. The van der Waals surface area contributed by atoms with E-state index < -0.39 is 5.91 Å². The van der Waals surface area contributed by atoms with Gasteiger partial charge in [0.05, 0.1) is 23.8 Å². The largest absolute Gasteiger partial charge is 0.369 e. The third kappa shape index (κ3) is 5.51. The maximum absolute atomic E-state index is 12.6. The smallest absolute Gasteiger partial charge is 0.320 e. The van der Waals surface area contributed by atoms with Crippen LogP contribution in [0.4, 0.5) is 10.6 Å².